The van der Waals surface area contributed by atoms with Crippen LogP contribution in [0.2, 0.25) is 0 Å². The van der Waals surface area contributed by atoms with Gasteiger partial charge in [-0.25, -0.2) is 4.79 Å². The molecule has 0 radical (unpaired) electrons. The minimum Gasteiger partial charge on any atom is -0.493 e. The van der Waals surface area contributed by atoms with Gasteiger partial charge < -0.3 is 19.7 Å². The largest absolute Gasteiger partial charge is 0.493 e. The van der Waals surface area contributed by atoms with Crippen molar-refractivity contribution in [3.63, 3.8) is 0 Å². The van der Waals surface area contributed by atoms with Crippen LogP contribution in [-0.2, 0) is 0 Å². The molecule has 0 spiro atoms. The zero-order chi connectivity index (χ0) is 16.7. The number of hydrogen-bond acceptors (Lipinski definition) is 3. The van der Waals surface area contributed by atoms with Crippen molar-refractivity contribution in [2.75, 3.05) is 27.2 Å². The van der Waals surface area contributed by atoms with E-state index in [4.69, 9.17) is 9.47 Å². The summed E-state index contributed by atoms with van der Waals surface area (Å²) in [7, 11) is 3.52. The summed E-state index contributed by atoms with van der Waals surface area (Å²) in [6, 6.07) is 6.19. The van der Waals surface area contributed by atoms with Gasteiger partial charge in [-0.05, 0) is 55.2 Å². The average molecular weight is 330 g/mol. The number of ether oxygens (including phenoxy) is 2. The van der Waals surface area contributed by atoms with Crippen LogP contribution in [0, 0.1) is 11.8 Å². The van der Waals surface area contributed by atoms with Crippen LogP contribution in [0.25, 0.3) is 0 Å². The Hall–Kier alpha value is -1.91. The number of nitrogens with one attached hydrogen (secondary N) is 1. The Morgan fingerprint density at radius 3 is 2.75 bits per heavy atom. The molecule has 4 rings (SSSR count). The molecule has 130 valence electrons. The van der Waals surface area contributed by atoms with E-state index >= 15 is 0 Å². The van der Waals surface area contributed by atoms with Crippen LogP contribution < -0.4 is 14.8 Å². The number of benzene rings is 1. The molecule has 4 atom stereocenters. The number of methoxy groups -OCH3 is 1. The molecular weight excluding hydrogens is 304 g/mol. The molecule has 1 aromatic rings. The molecule has 1 N–H and O–H groups in total. The molecule has 2 saturated carbocycles. The molecule has 1 aromatic carbocycles. The molecule has 5 nitrogen and oxygen atoms in total. The van der Waals surface area contributed by atoms with Crippen molar-refractivity contribution >= 4 is 6.03 Å². The van der Waals surface area contributed by atoms with Crippen molar-refractivity contribution in [1.29, 1.82) is 0 Å². The third-order valence-corrected chi connectivity index (χ3v) is 5.95. The van der Waals surface area contributed by atoms with E-state index in [2.05, 4.69) is 17.4 Å². The van der Waals surface area contributed by atoms with Crippen molar-refractivity contribution < 1.29 is 14.3 Å². The summed E-state index contributed by atoms with van der Waals surface area (Å²) in [4.78, 5) is 13.3. The van der Waals surface area contributed by atoms with Crippen molar-refractivity contribution in [3.8, 4) is 11.5 Å². The Morgan fingerprint density at radius 1 is 1.21 bits per heavy atom. The molecule has 1 unspecified atom stereocenters. The minimum atomic E-state index is -0.00165. The number of carbonyl (C=O) groups is 1. The lowest BCUT2D eigenvalue weighted by molar-refractivity contribution is 0.133. The Labute approximate surface area is 143 Å². The summed E-state index contributed by atoms with van der Waals surface area (Å²) in [5, 5.41) is 2.94. The molecule has 1 heterocycles. The Morgan fingerprint density at radius 2 is 2.08 bits per heavy atom. The molecule has 0 aromatic heterocycles. The van der Waals surface area contributed by atoms with Gasteiger partial charge in [-0.1, -0.05) is 6.07 Å². The van der Waals surface area contributed by atoms with Crippen LogP contribution in [0.1, 0.15) is 37.2 Å². The quantitative estimate of drug-likeness (QED) is 0.923. The van der Waals surface area contributed by atoms with E-state index in [1.54, 1.807) is 12.0 Å². The summed E-state index contributed by atoms with van der Waals surface area (Å²) in [6.07, 6.45) is 5.51. The standard InChI is InChI=1S/C19H26N2O3/c1-21-11-15(10-20-19(21)22)13-5-6-16(23-2)18(9-13)24-17-8-12-3-4-14(17)7-12/h5-6,9,12,14-15,17H,3-4,7-8,10-11H2,1-2H3,(H,20,22)/t12-,14+,15?,17-/m0/s1. The number of hydrogen-bond donors (Lipinski definition) is 1. The van der Waals surface area contributed by atoms with E-state index < -0.39 is 0 Å². The maximum absolute atomic E-state index is 11.6. The lowest BCUT2D eigenvalue weighted by atomic mass is 9.96. The van der Waals surface area contributed by atoms with Crippen LogP contribution in [0.4, 0.5) is 4.79 Å². The predicted molar refractivity (Wildman–Crippen MR) is 91.6 cm³/mol. The van der Waals surface area contributed by atoms with Gasteiger partial charge in [-0.15, -0.1) is 0 Å². The second-order valence-corrected chi connectivity index (χ2v) is 7.50. The van der Waals surface area contributed by atoms with Gasteiger partial charge in [0, 0.05) is 26.1 Å². The highest BCUT2D eigenvalue weighted by atomic mass is 16.5. The summed E-state index contributed by atoms with van der Waals surface area (Å²) < 4.78 is 11.9. The maximum atomic E-state index is 11.6. The highest BCUT2D eigenvalue weighted by Gasteiger charge is 2.41. The highest BCUT2D eigenvalue weighted by Crippen LogP contribution is 2.47. The summed E-state index contributed by atoms with van der Waals surface area (Å²) in [6.45, 7) is 1.40. The maximum Gasteiger partial charge on any atom is 0.317 e. The first-order valence-corrected chi connectivity index (χ1v) is 8.97. The number of likely N-dealkylation sites (N-methyl/N-ethyl adjacent to an activating group) is 1. The first kappa shape index (κ1) is 15.6. The summed E-state index contributed by atoms with van der Waals surface area (Å²) >= 11 is 0. The van der Waals surface area contributed by atoms with Crippen molar-refractivity contribution in [2.45, 2.75) is 37.7 Å². The van der Waals surface area contributed by atoms with Gasteiger partial charge in [0.05, 0.1) is 7.11 Å². The normalized spacial score (nSPS) is 31.9. The van der Waals surface area contributed by atoms with Crippen LogP contribution in [-0.4, -0.2) is 44.3 Å². The highest BCUT2D eigenvalue weighted by molar-refractivity contribution is 5.75. The van der Waals surface area contributed by atoms with E-state index in [1.807, 2.05) is 13.1 Å². The predicted octanol–water partition coefficient (Wildman–Crippen LogP) is 3.00. The summed E-state index contributed by atoms with van der Waals surface area (Å²) in [5.74, 6) is 3.50. The smallest absolute Gasteiger partial charge is 0.317 e. The van der Waals surface area contributed by atoms with Crippen molar-refractivity contribution in [1.82, 2.24) is 10.2 Å². The molecule has 1 aliphatic heterocycles. The number of rotatable bonds is 4. The molecule has 2 aliphatic carbocycles. The Kier molecular flexibility index (Phi) is 4.02. The van der Waals surface area contributed by atoms with Crippen LogP contribution in [0.5, 0.6) is 11.5 Å². The monoisotopic (exact) mass is 330 g/mol. The van der Waals surface area contributed by atoms with Gasteiger partial charge in [-0.2, -0.15) is 0 Å². The fraction of sp³-hybridized carbons (Fsp3) is 0.632. The SMILES string of the molecule is COc1ccc(C2CNC(=O)N(C)C2)cc1O[C@H]1C[C@H]2CC[C@@H]1C2. The number of fused-ring (bicyclic) bond motifs is 2. The number of urea groups is 1. The zero-order valence-electron chi connectivity index (χ0n) is 14.5. The Bertz CT molecular complexity index is 633. The van der Waals surface area contributed by atoms with Crippen LogP contribution in [0.15, 0.2) is 18.2 Å². The first-order chi connectivity index (χ1) is 11.6. The van der Waals surface area contributed by atoms with E-state index in [0.29, 0.717) is 18.6 Å². The Balaban J connectivity index is 1.53. The van der Waals surface area contributed by atoms with Gasteiger partial charge in [0.2, 0.25) is 0 Å². The van der Waals surface area contributed by atoms with Crippen LogP contribution in [0.3, 0.4) is 0 Å². The molecule has 5 heteroatoms. The third kappa shape index (κ3) is 2.80. The molecule has 2 amide bonds. The average Bonchev–Trinajstić information content (AvgIpc) is 3.20. The number of nitrogens with zero attached hydrogens (tertiary/aromatic N) is 1. The van der Waals surface area contributed by atoms with Gasteiger partial charge >= 0.3 is 6.03 Å². The van der Waals surface area contributed by atoms with E-state index in [0.717, 1.165) is 24.0 Å². The van der Waals surface area contributed by atoms with E-state index in [-0.39, 0.29) is 11.9 Å². The topological polar surface area (TPSA) is 50.8 Å². The lowest BCUT2D eigenvalue weighted by Crippen LogP contribution is -2.48. The third-order valence-electron chi connectivity index (χ3n) is 5.95. The molecule has 2 bridgehead atoms. The fourth-order valence-electron chi connectivity index (χ4n) is 4.58. The first-order valence-electron chi connectivity index (χ1n) is 8.97. The molecule has 3 aliphatic rings. The van der Waals surface area contributed by atoms with Crippen LogP contribution >= 0.6 is 0 Å². The van der Waals surface area contributed by atoms with Crippen molar-refractivity contribution in [2.24, 2.45) is 11.8 Å². The fourth-order valence-corrected chi connectivity index (χ4v) is 4.58. The second kappa shape index (κ2) is 6.19. The minimum absolute atomic E-state index is 0.00165. The van der Waals surface area contributed by atoms with E-state index in [9.17, 15) is 4.79 Å². The van der Waals surface area contributed by atoms with Gasteiger partial charge in [0.25, 0.3) is 0 Å². The molecule has 1 saturated heterocycles. The molecule has 24 heavy (non-hydrogen) atoms. The molecule has 3 fully saturated rings. The van der Waals surface area contributed by atoms with Gasteiger partial charge in [-0.3, -0.25) is 0 Å². The van der Waals surface area contributed by atoms with E-state index in [1.165, 1.54) is 31.2 Å². The van der Waals surface area contributed by atoms with Gasteiger partial charge in [0.15, 0.2) is 11.5 Å². The zero-order valence-corrected chi connectivity index (χ0v) is 14.5. The summed E-state index contributed by atoms with van der Waals surface area (Å²) in [5.41, 5.74) is 1.20. The second-order valence-electron chi connectivity index (χ2n) is 7.50. The molecular formula is C19H26N2O3. The number of amides is 2. The lowest BCUT2D eigenvalue weighted by Gasteiger charge is -2.31. The number of carbonyl (C=O) groups excluding carboxylic acids is 1. The van der Waals surface area contributed by atoms with Gasteiger partial charge in [0.1, 0.15) is 6.10 Å². The van der Waals surface area contributed by atoms with Crippen molar-refractivity contribution in [3.05, 3.63) is 23.8 Å².